The minimum absolute atomic E-state index is 0.0289. The Morgan fingerprint density at radius 3 is 2.86 bits per heavy atom. The van der Waals surface area contributed by atoms with Gasteiger partial charge in [0.2, 0.25) is 5.91 Å². The van der Waals surface area contributed by atoms with Gasteiger partial charge in [-0.1, -0.05) is 6.07 Å². The van der Waals surface area contributed by atoms with Crippen molar-refractivity contribution in [3.8, 4) is 0 Å². The zero-order valence-electron chi connectivity index (χ0n) is 11.6. The maximum Gasteiger partial charge on any atom is 0.305 e. The number of amides is 2. The summed E-state index contributed by atoms with van der Waals surface area (Å²) >= 11 is 0. The van der Waals surface area contributed by atoms with Gasteiger partial charge in [0.15, 0.2) is 0 Å². The highest BCUT2D eigenvalue weighted by atomic mass is 16.6. The van der Waals surface area contributed by atoms with Crippen LogP contribution in [0.5, 0.6) is 0 Å². The van der Waals surface area contributed by atoms with Crippen molar-refractivity contribution < 1.29 is 14.5 Å². The van der Waals surface area contributed by atoms with E-state index in [1.165, 1.54) is 11.0 Å². The Bertz CT molecular complexity index is 588. The van der Waals surface area contributed by atoms with Crippen LogP contribution in [-0.2, 0) is 4.79 Å². The molecule has 0 unspecified atom stereocenters. The topological polar surface area (TPSA) is 105 Å². The number of carbonyl (C=O) groups is 2. The summed E-state index contributed by atoms with van der Waals surface area (Å²) in [5.41, 5.74) is 0.0737. The fraction of sp³-hybridized carbons (Fsp3) is 0.385. The number of nitro benzene ring substituents is 1. The van der Waals surface area contributed by atoms with Gasteiger partial charge < -0.3 is 15.5 Å². The summed E-state index contributed by atoms with van der Waals surface area (Å²) < 4.78 is 0. The minimum atomic E-state index is -0.569. The second kappa shape index (κ2) is 6.21. The fourth-order valence-electron chi connectivity index (χ4n) is 2.25. The zero-order valence-corrected chi connectivity index (χ0v) is 11.6. The number of nitro groups is 1. The summed E-state index contributed by atoms with van der Waals surface area (Å²) in [5, 5.41) is 16.6. The summed E-state index contributed by atoms with van der Waals surface area (Å²) in [7, 11) is 1.56. The van der Waals surface area contributed by atoms with Crippen LogP contribution in [0.1, 0.15) is 16.8 Å². The molecule has 0 radical (unpaired) electrons. The number of carbonyl (C=O) groups excluding carboxylic acids is 2. The Balaban J connectivity index is 2.34. The van der Waals surface area contributed by atoms with Gasteiger partial charge in [-0.25, -0.2) is 0 Å². The van der Waals surface area contributed by atoms with Crippen LogP contribution in [0.2, 0.25) is 0 Å². The Labute approximate surface area is 121 Å². The van der Waals surface area contributed by atoms with Crippen molar-refractivity contribution in [2.75, 3.05) is 32.0 Å². The van der Waals surface area contributed by atoms with E-state index >= 15 is 0 Å². The van der Waals surface area contributed by atoms with E-state index in [2.05, 4.69) is 10.6 Å². The van der Waals surface area contributed by atoms with Crippen molar-refractivity contribution in [2.24, 2.45) is 0 Å². The Morgan fingerprint density at radius 2 is 2.19 bits per heavy atom. The number of anilines is 1. The average Bonchev–Trinajstić information content (AvgIpc) is 2.70. The highest BCUT2D eigenvalue weighted by Gasteiger charge is 2.28. The summed E-state index contributed by atoms with van der Waals surface area (Å²) in [4.78, 5) is 35.9. The van der Waals surface area contributed by atoms with Crippen LogP contribution in [0.4, 0.5) is 11.4 Å². The van der Waals surface area contributed by atoms with E-state index in [1.54, 1.807) is 19.2 Å². The molecule has 1 fully saturated rings. The predicted octanol–water partition coefficient (Wildman–Crippen LogP) is 0.599. The molecule has 8 nitrogen and oxygen atoms in total. The normalized spacial score (nSPS) is 15.1. The van der Waals surface area contributed by atoms with E-state index in [-0.39, 0.29) is 35.8 Å². The summed E-state index contributed by atoms with van der Waals surface area (Å²) in [6.07, 6.45) is 0.200. The quantitative estimate of drug-likeness (QED) is 0.627. The van der Waals surface area contributed by atoms with Crippen LogP contribution in [0.3, 0.4) is 0 Å². The molecule has 21 heavy (non-hydrogen) atoms. The van der Waals surface area contributed by atoms with Crippen LogP contribution in [0.15, 0.2) is 18.2 Å². The molecule has 0 aliphatic carbocycles. The fourth-order valence-corrected chi connectivity index (χ4v) is 2.25. The monoisotopic (exact) mass is 292 g/mol. The van der Waals surface area contributed by atoms with Crippen molar-refractivity contribution in [1.82, 2.24) is 10.2 Å². The van der Waals surface area contributed by atoms with Crippen molar-refractivity contribution in [3.63, 3.8) is 0 Å². The van der Waals surface area contributed by atoms with E-state index in [4.69, 9.17) is 0 Å². The lowest BCUT2D eigenvalue weighted by Crippen LogP contribution is -2.34. The van der Waals surface area contributed by atoms with Gasteiger partial charge in [0, 0.05) is 33.1 Å². The molecule has 2 amide bonds. The molecule has 0 spiro atoms. The van der Waals surface area contributed by atoms with E-state index in [9.17, 15) is 19.7 Å². The Kier molecular flexibility index (Phi) is 4.36. The van der Waals surface area contributed by atoms with Crippen molar-refractivity contribution in [1.29, 1.82) is 0 Å². The molecule has 1 heterocycles. The lowest BCUT2D eigenvalue weighted by molar-refractivity contribution is -0.384. The minimum Gasteiger partial charge on any atom is -0.383 e. The lowest BCUT2D eigenvalue weighted by atomic mass is 10.1. The molecule has 0 aromatic heterocycles. The number of benzene rings is 1. The standard InChI is InChI=1S/C13H16N4O4/c1-14-10-4-2-3-9(12(10)17(20)21)13(19)16-7-5-11(18)15-6-8-16/h2-4,14H,5-8H2,1H3,(H,15,18). The first-order chi connectivity index (χ1) is 10.0. The molecule has 0 bridgehead atoms. The number of rotatable bonds is 3. The molecule has 8 heteroatoms. The van der Waals surface area contributed by atoms with Crippen LogP contribution in [0.25, 0.3) is 0 Å². The van der Waals surface area contributed by atoms with E-state index in [1.807, 2.05) is 0 Å². The third kappa shape index (κ3) is 3.10. The lowest BCUT2D eigenvalue weighted by Gasteiger charge is -2.19. The third-order valence-electron chi connectivity index (χ3n) is 3.32. The van der Waals surface area contributed by atoms with E-state index in [0.29, 0.717) is 13.1 Å². The van der Waals surface area contributed by atoms with E-state index < -0.39 is 10.8 Å². The van der Waals surface area contributed by atoms with Crippen molar-refractivity contribution in [2.45, 2.75) is 6.42 Å². The van der Waals surface area contributed by atoms with Gasteiger partial charge in [-0.05, 0) is 12.1 Å². The highest BCUT2D eigenvalue weighted by Crippen LogP contribution is 2.29. The summed E-state index contributed by atoms with van der Waals surface area (Å²) in [6.45, 7) is 0.946. The van der Waals surface area contributed by atoms with Gasteiger partial charge in [0.1, 0.15) is 11.3 Å². The number of nitrogens with zero attached hydrogens (tertiary/aromatic N) is 2. The van der Waals surface area contributed by atoms with Crippen LogP contribution in [-0.4, -0.2) is 48.3 Å². The second-order valence-corrected chi connectivity index (χ2v) is 4.60. The Hall–Kier alpha value is -2.64. The molecule has 0 atom stereocenters. The molecule has 2 rings (SSSR count). The number of para-hydroxylation sites is 1. The largest absolute Gasteiger partial charge is 0.383 e. The molecule has 1 aromatic carbocycles. The Morgan fingerprint density at radius 1 is 1.43 bits per heavy atom. The van der Waals surface area contributed by atoms with Crippen molar-refractivity contribution in [3.05, 3.63) is 33.9 Å². The van der Waals surface area contributed by atoms with Crippen molar-refractivity contribution >= 4 is 23.2 Å². The zero-order chi connectivity index (χ0) is 15.4. The molecule has 2 N–H and O–H groups in total. The predicted molar refractivity (Wildman–Crippen MR) is 76.2 cm³/mol. The van der Waals surface area contributed by atoms with Gasteiger partial charge in [0.05, 0.1) is 4.92 Å². The molecule has 1 saturated heterocycles. The first kappa shape index (κ1) is 14.8. The first-order valence-electron chi connectivity index (χ1n) is 6.55. The van der Waals surface area contributed by atoms with Crippen LogP contribution >= 0.6 is 0 Å². The van der Waals surface area contributed by atoms with Gasteiger partial charge >= 0.3 is 5.69 Å². The number of nitrogens with one attached hydrogen (secondary N) is 2. The molecule has 0 saturated carbocycles. The van der Waals surface area contributed by atoms with Gasteiger partial charge in [-0.15, -0.1) is 0 Å². The molecule has 1 aliphatic rings. The summed E-state index contributed by atoms with van der Waals surface area (Å²) in [5.74, 6) is -0.556. The van der Waals surface area contributed by atoms with Gasteiger partial charge in [-0.3, -0.25) is 19.7 Å². The second-order valence-electron chi connectivity index (χ2n) is 4.60. The third-order valence-corrected chi connectivity index (χ3v) is 3.32. The SMILES string of the molecule is CNc1cccc(C(=O)N2CCNC(=O)CC2)c1[N+](=O)[O-]. The van der Waals surface area contributed by atoms with Crippen LogP contribution < -0.4 is 10.6 Å². The summed E-state index contributed by atoms with van der Waals surface area (Å²) in [6, 6.07) is 4.57. The average molecular weight is 292 g/mol. The van der Waals surface area contributed by atoms with Gasteiger partial charge in [-0.2, -0.15) is 0 Å². The maximum atomic E-state index is 12.5. The molecular weight excluding hydrogens is 276 g/mol. The molecular formula is C13H16N4O4. The highest BCUT2D eigenvalue weighted by molar-refractivity contribution is 6.00. The smallest absolute Gasteiger partial charge is 0.305 e. The molecule has 1 aromatic rings. The molecule has 112 valence electrons. The number of hydrogen-bond donors (Lipinski definition) is 2. The van der Waals surface area contributed by atoms with Crippen LogP contribution in [0, 0.1) is 10.1 Å². The maximum absolute atomic E-state index is 12.5. The van der Waals surface area contributed by atoms with Gasteiger partial charge in [0.25, 0.3) is 5.91 Å². The molecule has 1 aliphatic heterocycles. The number of hydrogen-bond acceptors (Lipinski definition) is 5. The first-order valence-corrected chi connectivity index (χ1v) is 6.55. The van der Waals surface area contributed by atoms with E-state index in [0.717, 1.165) is 0 Å².